The van der Waals surface area contributed by atoms with Crippen molar-refractivity contribution >= 4 is 0 Å². The molecule has 1 rings (SSSR count). The Kier molecular flexibility index (Phi) is 4.51. The van der Waals surface area contributed by atoms with Crippen LogP contribution >= 0.6 is 0 Å². The van der Waals surface area contributed by atoms with E-state index < -0.39 is 0 Å². The molecule has 0 unspecified atom stereocenters. The highest BCUT2D eigenvalue weighted by Gasteiger charge is 2.15. The molecule has 0 aromatic heterocycles. The van der Waals surface area contributed by atoms with E-state index in [1.165, 1.54) is 31.3 Å². The van der Waals surface area contributed by atoms with E-state index >= 15 is 0 Å². The van der Waals surface area contributed by atoms with Crippen molar-refractivity contribution in [3.63, 3.8) is 0 Å². The van der Waals surface area contributed by atoms with Gasteiger partial charge in [0.1, 0.15) is 0 Å². The Morgan fingerprint density at radius 2 is 1.92 bits per heavy atom. The van der Waals surface area contributed by atoms with E-state index in [1.54, 1.807) is 0 Å². The van der Waals surface area contributed by atoms with Gasteiger partial charge in [-0.2, -0.15) is 0 Å². The summed E-state index contributed by atoms with van der Waals surface area (Å²) in [5.74, 6) is 1.83. The molecule has 0 aliphatic heterocycles. The average Bonchev–Trinajstić information content (AvgIpc) is 2.09. The maximum Gasteiger partial charge on any atom is 0.0158 e. The highest BCUT2D eigenvalue weighted by molar-refractivity contribution is 5.03. The van der Waals surface area contributed by atoms with E-state index in [-0.39, 0.29) is 0 Å². The van der Waals surface area contributed by atoms with Crippen molar-refractivity contribution in [3.8, 4) is 0 Å². The van der Waals surface area contributed by atoms with Crippen molar-refractivity contribution in [2.75, 3.05) is 13.6 Å². The van der Waals surface area contributed by atoms with Gasteiger partial charge >= 0.3 is 0 Å². The summed E-state index contributed by atoms with van der Waals surface area (Å²) in [7, 11) is 2.01. The topological polar surface area (TPSA) is 12.0 Å². The first-order valence-corrected chi connectivity index (χ1v) is 5.54. The second-order valence-corrected chi connectivity index (χ2v) is 4.56. The summed E-state index contributed by atoms with van der Waals surface area (Å²) in [6, 6.07) is 0. The van der Waals surface area contributed by atoms with E-state index in [0.29, 0.717) is 0 Å². The Hall–Kier alpha value is -0.300. The lowest BCUT2D eigenvalue weighted by Crippen LogP contribution is -2.13. The monoisotopic (exact) mass is 181 g/mol. The van der Waals surface area contributed by atoms with E-state index in [9.17, 15) is 0 Å². The molecule has 1 aliphatic rings. The lowest BCUT2D eigenvalue weighted by molar-refractivity contribution is 0.329. The predicted octanol–water partition coefficient (Wildman–Crippen LogP) is 2.98. The minimum absolute atomic E-state index is 0.865. The minimum atomic E-state index is 0.865. The maximum atomic E-state index is 3.20. The molecule has 0 atom stereocenters. The molecule has 0 aromatic rings. The molecule has 0 heterocycles. The van der Waals surface area contributed by atoms with Crippen molar-refractivity contribution < 1.29 is 0 Å². The fourth-order valence-corrected chi connectivity index (χ4v) is 2.19. The third-order valence-electron chi connectivity index (χ3n) is 3.04. The highest BCUT2D eigenvalue weighted by atomic mass is 14.8. The second kappa shape index (κ2) is 5.43. The molecule has 0 bridgehead atoms. The molecule has 1 aliphatic carbocycles. The van der Waals surface area contributed by atoms with E-state index in [2.05, 4.69) is 25.2 Å². The number of hydrogen-bond acceptors (Lipinski definition) is 1. The van der Waals surface area contributed by atoms with Gasteiger partial charge in [0.25, 0.3) is 0 Å². The van der Waals surface area contributed by atoms with E-state index in [4.69, 9.17) is 0 Å². The van der Waals surface area contributed by atoms with Gasteiger partial charge in [0.15, 0.2) is 0 Å². The van der Waals surface area contributed by atoms with Crippen LogP contribution in [0.1, 0.15) is 39.5 Å². The van der Waals surface area contributed by atoms with Crippen LogP contribution in [0.2, 0.25) is 0 Å². The van der Waals surface area contributed by atoms with Crippen LogP contribution in [0.5, 0.6) is 0 Å². The summed E-state index contributed by atoms with van der Waals surface area (Å²) in [5.41, 5.74) is 1.50. The number of allylic oxidation sites excluding steroid dienone is 1. The largest absolute Gasteiger partial charge is 0.316 e. The Balaban J connectivity index is 2.32. The van der Waals surface area contributed by atoms with Gasteiger partial charge in [0, 0.05) is 6.54 Å². The molecular weight excluding hydrogens is 158 g/mol. The summed E-state index contributed by atoms with van der Waals surface area (Å²) >= 11 is 0. The van der Waals surface area contributed by atoms with Gasteiger partial charge < -0.3 is 5.32 Å². The minimum Gasteiger partial charge on any atom is -0.316 e. The zero-order valence-corrected chi connectivity index (χ0v) is 9.27. The Labute approximate surface area is 82.6 Å². The van der Waals surface area contributed by atoms with Crippen LogP contribution in [0, 0.1) is 11.8 Å². The molecule has 0 amide bonds. The van der Waals surface area contributed by atoms with Crippen LogP contribution in [0.25, 0.3) is 0 Å². The number of hydrogen-bond donors (Lipinski definition) is 1. The SMILES string of the molecule is CNC/C(C)=C/C1CCC(C)CC1. The third kappa shape index (κ3) is 3.95. The Morgan fingerprint density at radius 1 is 1.31 bits per heavy atom. The van der Waals surface area contributed by atoms with Gasteiger partial charge in [-0.25, -0.2) is 0 Å². The van der Waals surface area contributed by atoms with Crippen LogP contribution in [0.3, 0.4) is 0 Å². The Morgan fingerprint density at radius 3 is 2.46 bits per heavy atom. The summed E-state index contributed by atoms with van der Waals surface area (Å²) in [6.45, 7) is 5.65. The van der Waals surface area contributed by atoms with Crippen molar-refractivity contribution in [2.45, 2.75) is 39.5 Å². The van der Waals surface area contributed by atoms with Crippen molar-refractivity contribution in [1.82, 2.24) is 5.32 Å². The first-order chi connectivity index (χ1) is 6.22. The predicted molar refractivity (Wildman–Crippen MR) is 58.8 cm³/mol. The van der Waals surface area contributed by atoms with Crippen LogP contribution in [-0.2, 0) is 0 Å². The normalized spacial score (nSPS) is 30.5. The fraction of sp³-hybridized carbons (Fsp3) is 0.833. The number of rotatable bonds is 3. The molecule has 0 saturated heterocycles. The van der Waals surface area contributed by atoms with Gasteiger partial charge in [0.2, 0.25) is 0 Å². The number of likely N-dealkylation sites (N-methyl/N-ethyl adjacent to an activating group) is 1. The molecule has 0 aromatic carbocycles. The van der Waals surface area contributed by atoms with Crippen LogP contribution in [0.4, 0.5) is 0 Å². The quantitative estimate of drug-likeness (QED) is 0.660. The lowest BCUT2D eigenvalue weighted by atomic mass is 9.82. The first kappa shape index (κ1) is 10.8. The summed E-state index contributed by atoms with van der Waals surface area (Å²) in [4.78, 5) is 0. The summed E-state index contributed by atoms with van der Waals surface area (Å²) < 4.78 is 0. The molecule has 1 saturated carbocycles. The molecular formula is C12H23N. The third-order valence-corrected chi connectivity index (χ3v) is 3.04. The first-order valence-electron chi connectivity index (χ1n) is 5.54. The van der Waals surface area contributed by atoms with Gasteiger partial charge in [-0.3, -0.25) is 0 Å². The van der Waals surface area contributed by atoms with E-state index in [0.717, 1.165) is 18.4 Å². The lowest BCUT2D eigenvalue weighted by Gasteiger charge is -2.24. The fourth-order valence-electron chi connectivity index (χ4n) is 2.19. The molecule has 1 heteroatoms. The van der Waals surface area contributed by atoms with Crippen molar-refractivity contribution in [1.29, 1.82) is 0 Å². The standard InChI is InChI=1S/C12H23N/c1-10-4-6-12(7-5-10)8-11(2)9-13-3/h8,10,12-13H,4-7,9H2,1-3H3/b11-8+. The van der Waals surface area contributed by atoms with Crippen LogP contribution < -0.4 is 5.32 Å². The maximum absolute atomic E-state index is 3.20. The molecule has 0 spiro atoms. The van der Waals surface area contributed by atoms with E-state index in [1.807, 2.05) is 7.05 Å². The summed E-state index contributed by atoms with van der Waals surface area (Å²) in [6.07, 6.45) is 8.13. The number of nitrogens with one attached hydrogen (secondary N) is 1. The van der Waals surface area contributed by atoms with Gasteiger partial charge in [-0.15, -0.1) is 0 Å². The molecule has 13 heavy (non-hydrogen) atoms. The van der Waals surface area contributed by atoms with Crippen LogP contribution in [-0.4, -0.2) is 13.6 Å². The van der Waals surface area contributed by atoms with Gasteiger partial charge in [-0.05, 0) is 38.6 Å². The molecule has 1 fully saturated rings. The molecule has 1 N–H and O–H groups in total. The molecule has 0 radical (unpaired) electrons. The van der Waals surface area contributed by atoms with Gasteiger partial charge in [0.05, 0.1) is 0 Å². The zero-order chi connectivity index (χ0) is 9.68. The molecule has 1 nitrogen and oxygen atoms in total. The highest BCUT2D eigenvalue weighted by Crippen LogP contribution is 2.29. The van der Waals surface area contributed by atoms with Gasteiger partial charge in [-0.1, -0.05) is 31.4 Å². The smallest absolute Gasteiger partial charge is 0.0158 e. The van der Waals surface area contributed by atoms with Crippen molar-refractivity contribution in [2.24, 2.45) is 11.8 Å². The zero-order valence-electron chi connectivity index (χ0n) is 9.27. The average molecular weight is 181 g/mol. The Bertz CT molecular complexity index is 164. The van der Waals surface area contributed by atoms with Crippen molar-refractivity contribution in [3.05, 3.63) is 11.6 Å². The molecule has 76 valence electrons. The summed E-state index contributed by atoms with van der Waals surface area (Å²) in [5, 5.41) is 3.20. The second-order valence-electron chi connectivity index (χ2n) is 4.56. The van der Waals surface area contributed by atoms with Crippen LogP contribution in [0.15, 0.2) is 11.6 Å².